The van der Waals surface area contributed by atoms with Crippen molar-refractivity contribution in [1.29, 1.82) is 0 Å². The normalized spacial score (nSPS) is 16.0. The molecule has 0 saturated carbocycles. The maximum absolute atomic E-state index is 12.5. The van der Waals surface area contributed by atoms with Crippen molar-refractivity contribution in [1.82, 2.24) is 29.1 Å². The molecule has 25 heavy (non-hydrogen) atoms. The van der Waals surface area contributed by atoms with Gasteiger partial charge < -0.3 is 4.42 Å². The van der Waals surface area contributed by atoms with Crippen LogP contribution in [-0.2, 0) is 23.6 Å². The first kappa shape index (κ1) is 16.0. The van der Waals surface area contributed by atoms with E-state index in [1.54, 1.807) is 7.05 Å². The Labute approximate surface area is 142 Å². The molecule has 0 unspecified atom stereocenters. The molecule has 3 aromatic heterocycles. The molecule has 1 fully saturated rings. The van der Waals surface area contributed by atoms with Crippen molar-refractivity contribution in [2.45, 2.75) is 24.5 Å². The average molecular weight is 364 g/mol. The summed E-state index contributed by atoms with van der Waals surface area (Å²) in [5, 5.41) is 12.0. The van der Waals surface area contributed by atoms with Gasteiger partial charge in [-0.2, -0.15) is 9.40 Å². The van der Waals surface area contributed by atoms with E-state index in [9.17, 15) is 13.2 Å². The summed E-state index contributed by atoms with van der Waals surface area (Å²) in [7, 11) is -1.95. The predicted octanol–water partition coefficient (Wildman–Crippen LogP) is -0.0492. The SMILES string of the molecule is Cn1ncc2c(=O)n(Cc3ccc(S(=O)(=O)N4CCCC4)o3)nnc21. The smallest absolute Gasteiger partial charge is 0.281 e. The lowest BCUT2D eigenvalue weighted by molar-refractivity contribution is 0.376. The monoisotopic (exact) mass is 364 g/mol. The minimum atomic E-state index is -3.62. The van der Waals surface area contributed by atoms with Crippen molar-refractivity contribution >= 4 is 21.1 Å². The van der Waals surface area contributed by atoms with Crippen molar-refractivity contribution in [2.75, 3.05) is 13.1 Å². The lowest BCUT2D eigenvalue weighted by Gasteiger charge is -2.12. The molecule has 4 rings (SSSR count). The molecule has 1 saturated heterocycles. The van der Waals surface area contributed by atoms with Crippen LogP contribution in [0.25, 0.3) is 11.0 Å². The van der Waals surface area contributed by atoms with Crippen LogP contribution in [0.2, 0.25) is 0 Å². The summed E-state index contributed by atoms with van der Waals surface area (Å²) in [5.74, 6) is 0.317. The average Bonchev–Trinajstić information content (AvgIpc) is 3.32. The first-order chi connectivity index (χ1) is 12.0. The lowest BCUT2D eigenvalue weighted by Crippen LogP contribution is -2.27. The van der Waals surface area contributed by atoms with Gasteiger partial charge in [0.1, 0.15) is 17.7 Å². The molecule has 0 spiro atoms. The van der Waals surface area contributed by atoms with Crippen molar-refractivity contribution in [3.05, 3.63) is 34.4 Å². The second kappa shape index (κ2) is 5.77. The molecule has 1 aliphatic heterocycles. The third-order valence-corrected chi connectivity index (χ3v) is 5.99. The van der Waals surface area contributed by atoms with Gasteiger partial charge in [0.2, 0.25) is 5.09 Å². The fraction of sp³-hybridized carbons (Fsp3) is 0.429. The number of hydrogen-bond acceptors (Lipinski definition) is 7. The Hall–Kier alpha value is -2.53. The predicted molar refractivity (Wildman–Crippen MR) is 86.4 cm³/mol. The molecular weight excluding hydrogens is 348 g/mol. The van der Waals surface area contributed by atoms with Gasteiger partial charge in [-0.15, -0.1) is 5.10 Å². The van der Waals surface area contributed by atoms with Crippen molar-refractivity contribution in [3.8, 4) is 0 Å². The standard InChI is InChI=1S/C14H16N6O4S/c1-18-13-11(8-15-18)14(21)20(17-16-13)9-10-4-5-12(24-10)25(22,23)19-6-2-3-7-19/h4-5,8H,2-3,6-7,9H2,1H3. The summed E-state index contributed by atoms with van der Waals surface area (Å²) in [5.41, 5.74) is 0.0245. The Balaban J connectivity index is 1.63. The van der Waals surface area contributed by atoms with Crippen LogP contribution in [0.1, 0.15) is 18.6 Å². The van der Waals surface area contributed by atoms with Crippen LogP contribution in [-0.4, -0.2) is 50.6 Å². The summed E-state index contributed by atoms with van der Waals surface area (Å²) in [6.07, 6.45) is 3.13. The van der Waals surface area contributed by atoms with E-state index in [1.807, 2.05) is 0 Å². The zero-order valence-corrected chi connectivity index (χ0v) is 14.3. The van der Waals surface area contributed by atoms with Crippen LogP contribution >= 0.6 is 0 Å². The molecule has 0 aliphatic carbocycles. The summed E-state index contributed by atoms with van der Waals surface area (Å²) >= 11 is 0. The number of fused-ring (bicyclic) bond motifs is 1. The Kier molecular flexibility index (Phi) is 3.69. The molecule has 0 amide bonds. The third-order valence-electron chi connectivity index (χ3n) is 4.22. The van der Waals surface area contributed by atoms with Gasteiger partial charge >= 0.3 is 0 Å². The molecule has 4 heterocycles. The largest absolute Gasteiger partial charge is 0.446 e. The number of aryl methyl sites for hydroxylation is 1. The molecular formula is C14H16N6O4S. The molecule has 3 aromatic rings. The van der Waals surface area contributed by atoms with Crippen LogP contribution in [0.3, 0.4) is 0 Å². The van der Waals surface area contributed by atoms with Gasteiger partial charge in [-0.25, -0.2) is 17.8 Å². The third kappa shape index (κ3) is 2.65. The maximum atomic E-state index is 12.5. The highest BCUT2D eigenvalue weighted by Crippen LogP contribution is 2.22. The molecule has 11 heteroatoms. The van der Waals surface area contributed by atoms with Gasteiger partial charge in [0, 0.05) is 20.1 Å². The zero-order valence-electron chi connectivity index (χ0n) is 13.5. The van der Waals surface area contributed by atoms with Crippen LogP contribution in [0.5, 0.6) is 0 Å². The summed E-state index contributed by atoms with van der Waals surface area (Å²) in [6.45, 7) is 0.994. The van der Waals surface area contributed by atoms with E-state index in [2.05, 4.69) is 15.4 Å². The van der Waals surface area contributed by atoms with Crippen LogP contribution in [0.4, 0.5) is 0 Å². The van der Waals surface area contributed by atoms with Gasteiger partial charge in [0.15, 0.2) is 5.65 Å². The summed E-state index contributed by atoms with van der Waals surface area (Å²) in [4.78, 5) is 12.4. The topological polar surface area (TPSA) is 116 Å². The van der Waals surface area contributed by atoms with E-state index in [0.717, 1.165) is 17.5 Å². The second-order valence-electron chi connectivity index (χ2n) is 5.89. The molecule has 0 atom stereocenters. The van der Waals surface area contributed by atoms with Gasteiger partial charge in [0.05, 0.1) is 6.20 Å². The minimum Gasteiger partial charge on any atom is -0.446 e. The first-order valence-corrected chi connectivity index (χ1v) is 9.25. The quantitative estimate of drug-likeness (QED) is 0.637. The molecule has 0 bridgehead atoms. The second-order valence-corrected chi connectivity index (χ2v) is 7.76. The van der Waals surface area contributed by atoms with E-state index in [1.165, 1.54) is 27.3 Å². The molecule has 132 valence electrons. The number of hydrogen-bond donors (Lipinski definition) is 0. The molecule has 10 nitrogen and oxygen atoms in total. The number of sulfonamides is 1. The molecule has 1 aliphatic rings. The Morgan fingerprint density at radius 1 is 1.24 bits per heavy atom. The molecule has 0 N–H and O–H groups in total. The van der Waals surface area contributed by atoms with Gasteiger partial charge in [-0.05, 0) is 25.0 Å². The van der Waals surface area contributed by atoms with E-state index in [-0.39, 0.29) is 17.2 Å². The van der Waals surface area contributed by atoms with Crippen molar-refractivity contribution in [3.63, 3.8) is 0 Å². The van der Waals surface area contributed by atoms with Gasteiger partial charge in [-0.3, -0.25) is 4.79 Å². The Morgan fingerprint density at radius 2 is 2.00 bits per heavy atom. The van der Waals surface area contributed by atoms with E-state index < -0.39 is 10.0 Å². The van der Waals surface area contributed by atoms with Crippen LogP contribution in [0, 0.1) is 0 Å². The highest BCUT2D eigenvalue weighted by Gasteiger charge is 2.30. The lowest BCUT2D eigenvalue weighted by atomic mass is 10.4. The van der Waals surface area contributed by atoms with Gasteiger partial charge in [0.25, 0.3) is 15.6 Å². The fourth-order valence-corrected chi connectivity index (χ4v) is 4.31. The van der Waals surface area contributed by atoms with Crippen LogP contribution < -0.4 is 5.56 Å². The number of furan rings is 1. The number of aromatic nitrogens is 5. The summed E-state index contributed by atoms with van der Waals surface area (Å²) < 4.78 is 34.4. The van der Waals surface area contributed by atoms with Gasteiger partial charge in [-0.1, -0.05) is 5.21 Å². The number of nitrogens with zero attached hydrogens (tertiary/aromatic N) is 6. The minimum absolute atomic E-state index is 0.00775. The zero-order chi connectivity index (χ0) is 17.6. The highest BCUT2D eigenvalue weighted by molar-refractivity contribution is 7.89. The summed E-state index contributed by atoms with van der Waals surface area (Å²) in [6, 6.07) is 2.94. The highest BCUT2D eigenvalue weighted by atomic mass is 32.2. The first-order valence-electron chi connectivity index (χ1n) is 7.81. The van der Waals surface area contributed by atoms with E-state index in [0.29, 0.717) is 29.9 Å². The Morgan fingerprint density at radius 3 is 2.76 bits per heavy atom. The number of rotatable bonds is 4. The maximum Gasteiger partial charge on any atom is 0.281 e. The molecule has 0 radical (unpaired) electrons. The molecule has 0 aromatic carbocycles. The fourth-order valence-electron chi connectivity index (χ4n) is 2.87. The van der Waals surface area contributed by atoms with Crippen molar-refractivity contribution < 1.29 is 12.8 Å². The van der Waals surface area contributed by atoms with E-state index >= 15 is 0 Å². The Bertz CT molecular complexity index is 1090. The van der Waals surface area contributed by atoms with E-state index in [4.69, 9.17) is 4.42 Å². The van der Waals surface area contributed by atoms with Crippen LogP contribution in [0.15, 0.2) is 32.6 Å². The van der Waals surface area contributed by atoms with Crippen molar-refractivity contribution in [2.24, 2.45) is 7.05 Å².